The molecule has 1 aromatic heterocycles. The van der Waals surface area contributed by atoms with Crippen molar-refractivity contribution in [1.82, 2.24) is 4.98 Å². The van der Waals surface area contributed by atoms with Gasteiger partial charge in [0.05, 0.1) is 5.56 Å². The quantitative estimate of drug-likeness (QED) is 0.340. The standard InChI is InChI=1S/C14H12N4O3/c15-14-10(7-4-8-16-14)13(19)12(18-21)11(17-20)9-5-2-1-3-6-9/h1-8,20-21H,(H2,15,16). The van der Waals surface area contributed by atoms with Crippen LogP contribution in [0.3, 0.4) is 0 Å². The number of hydrogen-bond acceptors (Lipinski definition) is 7. The summed E-state index contributed by atoms with van der Waals surface area (Å²) in [6.07, 6.45) is 1.43. The van der Waals surface area contributed by atoms with Gasteiger partial charge in [-0.3, -0.25) is 4.79 Å². The van der Waals surface area contributed by atoms with Gasteiger partial charge in [-0.15, -0.1) is 0 Å². The average Bonchev–Trinajstić information content (AvgIpc) is 2.53. The van der Waals surface area contributed by atoms with Crippen molar-refractivity contribution in [2.75, 3.05) is 5.73 Å². The van der Waals surface area contributed by atoms with E-state index in [1.54, 1.807) is 30.3 Å². The lowest BCUT2D eigenvalue weighted by Crippen LogP contribution is -2.26. The molecule has 0 bridgehead atoms. The summed E-state index contributed by atoms with van der Waals surface area (Å²) in [6, 6.07) is 11.3. The molecule has 2 rings (SSSR count). The maximum atomic E-state index is 12.4. The third-order valence-corrected chi connectivity index (χ3v) is 2.77. The molecule has 106 valence electrons. The average molecular weight is 284 g/mol. The van der Waals surface area contributed by atoms with Crippen molar-refractivity contribution in [2.45, 2.75) is 0 Å². The van der Waals surface area contributed by atoms with Gasteiger partial charge in [-0.1, -0.05) is 40.6 Å². The summed E-state index contributed by atoms with van der Waals surface area (Å²) in [5, 5.41) is 24.3. The van der Waals surface area contributed by atoms with Crippen molar-refractivity contribution in [3.05, 3.63) is 59.8 Å². The Morgan fingerprint density at radius 2 is 1.76 bits per heavy atom. The van der Waals surface area contributed by atoms with Crippen LogP contribution in [-0.4, -0.2) is 32.6 Å². The Hall–Kier alpha value is -3.22. The maximum Gasteiger partial charge on any atom is 0.220 e. The zero-order chi connectivity index (χ0) is 15.2. The molecule has 7 heteroatoms. The topological polar surface area (TPSA) is 121 Å². The van der Waals surface area contributed by atoms with E-state index in [-0.39, 0.29) is 17.1 Å². The fourth-order valence-corrected chi connectivity index (χ4v) is 1.78. The van der Waals surface area contributed by atoms with E-state index in [0.717, 1.165) is 0 Å². The molecule has 0 atom stereocenters. The van der Waals surface area contributed by atoms with Crippen LogP contribution in [0.25, 0.3) is 0 Å². The summed E-state index contributed by atoms with van der Waals surface area (Å²) >= 11 is 0. The number of nitrogen functional groups attached to an aromatic ring is 1. The van der Waals surface area contributed by atoms with Gasteiger partial charge in [0.1, 0.15) is 11.5 Å². The zero-order valence-corrected chi connectivity index (χ0v) is 10.8. The van der Waals surface area contributed by atoms with Crippen molar-refractivity contribution in [3.63, 3.8) is 0 Å². The molecule has 0 radical (unpaired) electrons. The fourth-order valence-electron chi connectivity index (χ4n) is 1.78. The van der Waals surface area contributed by atoms with E-state index in [1.165, 1.54) is 18.3 Å². The number of oxime groups is 2. The van der Waals surface area contributed by atoms with Crippen LogP contribution in [-0.2, 0) is 0 Å². The molecule has 2 aromatic rings. The Morgan fingerprint density at radius 1 is 1.05 bits per heavy atom. The molecule has 4 N–H and O–H groups in total. The highest BCUT2D eigenvalue weighted by Crippen LogP contribution is 2.12. The van der Waals surface area contributed by atoms with Gasteiger partial charge in [-0.2, -0.15) is 0 Å². The van der Waals surface area contributed by atoms with Crippen molar-refractivity contribution in [1.29, 1.82) is 0 Å². The van der Waals surface area contributed by atoms with Crippen LogP contribution in [0.5, 0.6) is 0 Å². The number of ketones is 1. The van der Waals surface area contributed by atoms with Crippen LogP contribution in [0.4, 0.5) is 5.82 Å². The van der Waals surface area contributed by atoms with E-state index >= 15 is 0 Å². The highest BCUT2D eigenvalue weighted by molar-refractivity contribution is 6.73. The van der Waals surface area contributed by atoms with E-state index in [0.29, 0.717) is 5.56 Å². The number of rotatable bonds is 4. The predicted molar refractivity (Wildman–Crippen MR) is 77.0 cm³/mol. The molecule has 0 saturated heterocycles. The molecular weight excluding hydrogens is 272 g/mol. The lowest BCUT2D eigenvalue weighted by molar-refractivity contribution is 0.106. The highest BCUT2D eigenvalue weighted by atomic mass is 16.4. The van der Waals surface area contributed by atoms with E-state index in [9.17, 15) is 4.79 Å². The third-order valence-electron chi connectivity index (χ3n) is 2.77. The summed E-state index contributed by atoms with van der Waals surface area (Å²) in [4.78, 5) is 16.2. The first kappa shape index (κ1) is 14.2. The summed E-state index contributed by atoms with van der Waals surface area (Å²) in [6.45, 7) is 0. The van der Waals surface area contributed by atoms with Crippen molar-refractivity contribution in [3.8, 4) is 0 Å². The van der Waals surface area contributed by atoms with Crippen LogP contribution in [0.15, 0.2) is 59.0 Å². The second-order valence-electron chi connectivity index (χ2n) is 4.03. The van der Waals surface area contributed by atoms with Crippen molar-refractivity contribution in [2.24, 2.45) is 10.3 Å². The van der Waals surface area contributed by atoms with Gasteiger partial charge in [0.2, 0.25) is 5.78 Å². The Morgan fingerprint density at radius 3 is 2.33 bits per heavy atom. The van der Waals surface area contributed by atoms with E-state index in [1.807, 2.05) is 0 Å². The summed E-state index contributed by atoms with van der Waals surface area (Å²) < 4.78 is 0. The van der Waals surface area contributed by atoms with E-state index < -0.39 is 11.5 Å². The Balaban J connectivity index is 2.45. The summed E-state index contributed by atoms with van der Waals surface area (Å²) in [5.41, 5.74) is 5.51. The molecule has 0 unspecified atom stereocenters. The molecule has 1 heterocycles. The molecular formula is C14H12N4O3. The molecule has 0 saturated carbocycles. The number of carbonyl (C=O) groups is 1. The highest BCUT2D eigenvalue weighted by Gasteiger charge is 2.24. The van der Waals surface area contributed by atoms with Gasteiger partial charge in [0, 0.05) is 11.8 Å². The molecule has 0 fully saturated rings. The molecule has 7 nitrogen and oxygen atoms in total. The largest absolute Gasteiger partial charge is 0.410 e. The number of pyridine rings is 1. The monoisotopic (exact) mass is 284 g/mol. The Kier molecular flexibility index (Phi) is 4.25. The summed E-state index contributed by atoms with van der Waals surface area (Å²) in [5.74, 6) is -0.700. The smallest absolute Gasteiger partial charge is 0.220 e. The molecule has 1 aromatic carbocycles. The first-order chi connectivity index (χ1) is 10.2. The number of benzene rings is 1. The number of nitrogens with zero attached hydrogens (tertiary/aromatic N) is 3. The molecule has 0 aliphatic rings. The minimum absolute atomic E-state index is 0.00555. The number of carbonyl (C=O) groups excluding carboxylic acids is 1. The minimum atomic E-state index is -0.695. The normalized spacial score (nSPS) is 12.2. The van der Waals surface area contributed by atoms with E-state index in [4.69, 9.17) is 16.1 Å². The molecule has 0 spiro atoms. The fraction of sp³-hybridized carbons (Fsp3) is 0. The molecule has 0 aliphatic heterocycles. The number of anilines is 1. The number of Topliss-reactive ketones (excluding diaryl/α,β-unsaturated/α-hetero) is 1. The van der Waals surface area contributed by atoms with Gasteiger partial charge < -0.3 is 16.1 Å². The van der Waals surface area contributed by atoms with Crippen LogP contribution < -0.4 is 5.73 Å². The van der Waals surface area contributed by atoms with Gasteiger partial charge >= 0.3 is 0 Å². The first-order valence-electron chi connectivity index (χ1n) is 5.94. The van der Waals surface area contributed by atoms with Crippen molar-refractivity contribution >= 4 is 23.0 Å². The van der Waals surface area contributed by atoms with Gasteiger partial charge in [-0.25, -0.2) is 4.98 Å². The molecule has 0 amide bonds. The third kappa shape index (κ3) is 2.86. The number of hydrogen-bond donors (Lipinski definition) is 3. The lowest BCUT2D eigenvalue weighted by atomic mass is 9.99. The zero-order valence-electron chi connectivity index (χ0n) is 10.8. The number of aromatic nitrogens is 1. The van der Waals surface area contributed by atoms with Gasteiger partial charge in [-0.05, 0) is 12.1 Å². The SMILES string of the molecule is Nc1ncccc1C(=O)C(=NO)C(=NO)c1ccccc1. The lowest BCUT2D eigenvalue weighted by Gasteiger charge is -2.07. The predicted octanol–water partition coefficient (Wildman–Crippen LogP) is 1.56. The van der Waals surface area contributed by atoms with E-state index in [2.05, 4.69) is 15.3 Å². The van der Waals surface area contributed by atoms with Crippen LogP contribution in [0, 0.1) is 0 Å². The Bertz CT molecular complexity index is 711. The number of nitrogens with two attached hydrogens (primary N) is 1. The maximum absolute atomic E-state index is 12.4. The first-order valence-corrected chi connectivity index (χ1v) is 5.94. The van der Waals surface area contributed by atoms with Crippen LogP contribution in [0.2, 0.25) is 0 Å². The second kappa shape index (κ2) is 6.29. The van der Waals surface area contributed by atoms with Crippen molar-refractivity contribution < 1.29 is 15.2 Å². The summed E-state index contributed by atoms with van der Waals surface area (Å²) in [7, 11) is 0. The van der Waals surface area contributed by atoms with Gasteiger partial charge in [0.25, 0.3) is 0 Å². The molecule has 21 heavy (non-hydrogen) atoms. The molecule has 0 aliphatic carbocycles. The van der Waals surface area contributed by atoms with Gasteiger partial charge in [0.15, 0.2) is 5.71 Å². The van der Waals surface area contributed by atoms with Crippen LogP contribution in [0.1, 0.15) is 15.9 Å². The van der Waals surface area contributed by atoms with Crippen LogP contribution >= 0.6 is 0 Å². The minimum Gasteiger partial charge on any atom is -0.410 e. The Labute approximate surface area is 120 Å². The second-order valence-corrected chi connectivity index (χ2v) is 4.03.